The van der Waals surface area contributed by atoms with Crippen LogP contribution in [0.1, 0.15) is 34.5 Å². The molecule has 0 amide bonds. The van der Waals surface area contributed by atoms with E-state index in [-0.39, 0.29) is 17.3 Å². The third kappa shape index (κ3) is 2.96. The lowest BCUT2D eigenvalue weighted by atomic mass is 10.0. The Balaban J connectivity index is 2.28. The number of nitrogens with one attached hydrogen (secondary N) is 1. The summed E-state index contributed by atoms with van der Waals surface area (Å²) < 4.78 is 13.8. The fourth-order valence-corrected chi connectivity index (χ4v) is 2.15. The normalized spacial score (nSPS) is 11.9. The van der Waals surface area contributed by atoms with E-state index in [0.717, 1.165) is 17.2 Å². The first-order valence-electron chi connectivity index (χ1n) is 6.34. The molecule has 0 spiro atoms. The maximum Gasteiger partial charge on any atom is 0.335 e. The Hall–Kier alpha value is -2.36. The predicted molar refractivity (Wildman–Crippen MR) is 76.6 cm³/mol. The molecule has 0 aliphatic carbocycles. The molecule has 0 radical (unpaired) electrons. The van der Waals surface area contributed by atoms with Crippen LogP contribution in [0.25, 0.3) is 0 Å². The molecule has 104 valence electrons. The lowest BCUT2D eigenvalue weighted by Gasteiger charge is -2.18. The smallest absolute Gasteiger partial charge is 0.335 e. The zero-order valence-electron chi connectivity index (χ0n) is 11.4. The van der Waals surface area contributed by atoms with Gasteiger partial charge in [-0.1, -0.05) is 24.3 Å². The van der Waals surface area contributed by atoms with E-state index in [2.05, 4.69) is 5.32 Å². The molecule has 2 N–H and O–H groups in total. The lowest BCUT2D eigenvalue weighted by Crippen LogP contribution is -2.10. The van der Waals surface area contributed by atoms with Crippen LogP contribution in [0.4, 0.5) is 10.1 Å². The Kier molecular flexibility index (Phi) is 4.03. The van der Waals surface area contributed by atoms with Gasteiger partial charge in [-0.15, -0.1) is 0 Å². The summed E-state index contributed by atoms with van der Waals surface area (Å²) in [5.41, 5.74) is 2.40. The third-order valence-electron chi connectivity index (χ3n) is 3.24. The van der Waals surface area contributed by atoms with Crippen LogP contribution >= 0.6 is 0 Å². The quantitative estimate of drug-likeness (QED) is 0.885. The van der Waals surface area contributed by atoms with E-state index >= 15 is 0 Å². The van der Waals surface area contributed by atoms with E-state index < -0.39 is 11.8 Å². The SMILES string of the molecule is Cc1ccccc1C(C)Nc1cc(C(=O)O)ccc1F. The maximum atomic E-state index is 13.8. The van der Waals surface area contributed by atoms with Gasteiger partial charge in [0.1, 0.15) is 5.82 Å². The minimum Gasteiger partial charge on any atom is -0.478 e. The predicted octanol–water partition coefficient (Wildman–Crippen LogP) is 4.01. The van der Waals surface area contributed by atoms with Crippen molar-refractivity contribution >= 4 is 11.7 Å². The van der Waals surface area contributed by atoms with E-state index in [4.69, 9.17) is 5.11 Å². The summed E-state index contributed by atoms with van der Waals surface area (Å²) in [6.45, 7) is 3.90. The van der Waals surface area contributed by atoms with Gasteiger partial charge in [0.05, 0.1) is 11.3 Å². The summed E-state index contributed by atoms with van der Waals surface area (Å²) >= 11 is 0. The molecule has 0 aliphatic rings. The summed E-state index contributed by atoms with van der Waals surface area (Å²) in [7, 11) is 0. The van der Waals surface area contributed by atoms with E-state index in [1.54, 1.807) is 0 Å². The van der Waals surface area contributed by atoms with Crippen LogP contribution in [-0.4, -0.2) is 11.1 Å². The highest BCUT2D eigenvalue weighted by atomic mass is 19.1. The molecule has 3 nitrogen and oxygen atoms in total. The first-order valence-corrected chi connectivity index (χ1v) is 6.34. The average Bonchev–Trinajstić information content (AvgIpc) is 2.41. The van der Waals surface area contributed by atoms with Crippen molar-refractivity contribution in [1.29, 1.82) is 0 Å². The zero-order valence-corrected chi connectivity index (χ0v) is 11.4. The molecule has 2 rings (SSSR count). The van der Waals surface area contributed by atoms with Gasteiger partial charge in [0.15, 0.2) is 0 Å². The van der Waals surface area contributed by atoms with Crippen molar-refractivity contribution in [2.45, 2.75) is 19.9 Å². The second kappa shape index (κ2) is 5.74. The molecule has 20 heavy (non-hydrogen) atoms. The molecular weight excluding hydrogens is 257 g/mol. The Morgan fingerprint density at radius 2 is 1.95 bits per heavy atom. The van der Waals surface area contributed by atoms with Gasteiger partial charge in [-0.05, 0) is 43.2 Å². The number of benzene rings is 2. The Morgan fingerprint density at radius 1 is 1.25 bits per heavy atom. The number of rotatable bonds is 4. The number of carbonyl (C=O) groups is 1. The van der Waals surface area contributed by atoms with Crippen molar-refractivity contribution < 1.29 is 14.3 Å². The molecule has 0 saturated carbocycles. The second-order valence-electron chi connectivity index (χ2n) is 4.72. The molecule has 0 aliphatic heterocycles. The van der Waals surface area contributed by atoms with Crippen molar-refractivity contribution in [3.05, 3.63) is 65.0 Å². The number of hydrogen-bond donors (Lipinski definition) is 2. The van der Waals surface area contributed by atoms with Crippen molar-refractivity contribution in [1.82, 2.24) is 0 Å². The lowest BCUT2D eigenvalue weighted by molar-refractivity contribution is 0.0697. The van der Waals surface area contributed by atoms with Gasteiger partial charge in [0.2, 0.25) is 0 Å². The van der Waals surface area contributed by atoms with Gasteiger partial charge in [0, 0.05) is 6.04 Å². The number of carboxylic acids is 1. The van der Waals surface area contributed by atoms with Crippen LogP contribution in [0.5, 0.6) is 0 Å². The third-order valence-corrected chi connectivity index (χ3v) is 3.24. The molecule has 0 bridgehead atoms. The van der Waals surface area contributed by atoms with E-state index in [0.29, 0.717) is 0 Å². The number of aryl methyl sites for hydroxylation is 1. The summed E-state index contributed by atoms with van der Waals surface area (Å²) in [5, 5.41) is 12.0. The van der Waals surface area contributed by atoms with E-state index in [9.17, 15) is 9.18 Å². The van der Waals surface area contributed by atoms with Crippen molar-refractivity contribution in [2.24, 2.45) is 0 Å². The molecule has 0 saturated heterocycles. The zero-order chi connectivity index (χ0) is 14.7. The van der Waals surface area contributed by atoms with Gasteiger partial charge >= 0.3 is 5.97 Å². The number of aromatic carboxylic acids is 1. The standard InChI is InChI=1S/C16H16FNO2/c1-10-5-3-4-6-13(10)11(2)18-15-9-12(16(19)20)7-8-14(15)17/h3-9,11,18H,1-2H3,(H,19,20). The molecule has 0 aromatic heterocycles. The second-order valence-corrected chi connectivity index (χ2v) is 4.72. The number of carboxylic acid groups (broad SMARTS) is 1. The van der Waals surface area contributed by atoms with Gasteiger partial charge in [-0.25, -0.2) is 9.18 Å². The summed E-state index contributed by atoms with van der Waals surface area (Å²) in [5.74, 6) is -1.54. The van der Waals surface area contributed by atoms with Crippen LogP contribution in [0.15, 0.2) is 42.5 Å². The van der Waals surface area contributed by atoms with Gasteiger partial charge < -0.3 is 10.4 Å². The molecule has 4 heteroatoms. The Morgan fingerprint density at radius 3 is 2.60 bits per heavy atom. The van der Waals surface area contributed by atoms with Gasteiger partial charge in [-0.2, -0.15) is 0 Å². The highest BCUT2D eigenvalue weighted by Gasteiger charge is 2.12. The van der Waals surface area contributed by atoms with Crippen LogP contribution < -0.4 is 5.32 Å². The van der Waals surface area contributed by atoms with Crippen LogP contribution in [0.3, 0.4) is 0 Å². The molecule has 2 aromatic rings. The summed E-state index contributed by atoms with van der Waals surface area (Å²) in [6.07, 6.45) is 0. The summed E-state index contributed by atoms with van der Waals surface area (Å²) in [4.78, 5) is 10.9. The number of hydrogen-bond acceptors (Lipinski definition) is 2. The monoisotopic (exact) mass is 273 g/mol. The van der Waals surface area contributed by atoms with Crippen LogP contribution in [0, 0.1) is 12.7 Å². The fourth-order valence-electron chi connectivity index (χ4n) is 2.15. The highest BCUT2D eigenvalue weighted by molar-refractivity contribution is 5.88. The van der Waals surface area contributed by atoms with Crippen molar-refractivity contribution in [3.8, 4) is 0 Å². The van der Waals surface area contributed by atoms with Crippen LogP contribution in [-0.2, 0) is 0 Å². The number of anilines is 1. The minimum atomic E-state index is -1.07. The summed E-state index contributed by atoms with van der Waals surface area (Å²) in [6, 6.07) is 11.4. The average molecular weight is 273 g/mol. The maximum absolute atomic E-state index is 13.8. The molecule has 2 aromatic carbocycles. The first-order chi connectivity index (χ1) is 9.49. The molecular formula is C16H16FNO2. The fraction of sp³-hybridized carbons (Fsp3) is 0.188. The van der Waals surface area contributed by atoms with Gasteiger partial charge in [0.25, 0.3) is 0 Å². The Bertz CT molecular complexity index is 640. The number of halogens is 1. The van der Waals surface area contributed by atoms with Gasteiger partial charge in [-0.3, -0.25) is 0 Å². The highest BCUT2D eigenvalue weighted by Crippen LogP contribution is 2.24. The Labute approximate surface area is 117 Å². The molecule has 0 fully saturated rings. The van der Waals surface area contributed by atoms with Crippen molar-refractivity contribution in [2.75, 3.05) is 5.32 Å². The topological polar surface area (TPSA) is 49.3 Å². The van der Waals surface area contributed by atoms with E-state index in [1.165, 1.54) is 12.1 Å². The largest absolute Gasteiger partial charge is 0.478 e. The molecule has 0 heterocycles. The minimum absolute atomic E-state index is 0.0610. The molecule has 1 atom stereocenters. The first kappa shape index (κ1) is 14.1. The van der Waals surface area contributed by atoms with Crippen LogP contribution in [0.2, 0.25) is 0 Å². The van der Waals surface area contributed by atoms with E-state index in [1.807, 2.05) is 38.1 Å². The van der Waals surface area contributed by atoms with Crippen molar-refractivity contribution in [3.63, 3.8) is 0 Å². The molecule has 1 unspecified atom stereocenters.